The van der Waals surface area contributed by atoms with E-state index in [0.29, 0.717) is 23.8 Å². The molecule has 0 radical (unpaired) electrons. The molecule has 1 N–H and O–H groups in total. The Morgan fingerprint density at radius 1 is 1.15 bits per heavy atom. The number of fused-ring (bicyclic) bond motifs is 1. The monoisotopic (exact) mass is 279 g/mol. The second kappa shape index (κ2) is 6.05. The molecule has 0 spiro atoms. The SMILES string of the molecule is CC1CCC(CC(=O)N2[C@H](CO)C[C@@H]3CCCC[C@@H]32)C1. The van der Waals surface area contributed by atoms with Crippen molar-refractivity contribution >= 4 is 5.91 Å². The number of amides is 1. The molecule has 0 bridgehead atoms. The van der Waals surface area contributed by atoms with Crippen molar-refractivity contribution in [3.63, 3.8) is 0 Å². The summed E-state index contributed by atoms with van der Waals surface area (Å²) in [6, 6.07) is 0.543. The number of aliphatic hydroxyl groups is 1. The molecular weight excluding hydrogens is 250 g/mol. The van der Waals surface area contributed by atoms with Gasteiger partial charge in [0.15, 0.2) is 0 Å². The van der Waals surface area contributed by atoms with E-state index < -0.39 is 0 Å². The van der Waals surface area contributed by atoms with E-state index in [2.05, 4.69) is 11.8 Å². The number of carbonyl (C=O) groups excluding carboxylic acids is 1. The van der Waals surface area contributed by atoms with Gasteiger partial charge in [0.05, 0.1) is 12.6 Å². The predicted octanol–water partition coefficient (Wildman–Crippen LogP) is 2.96. The Balaban J connectivity index is 1.65. The summed E-state index contributed by atoms with van der Waals surface area (Å²) in [7, 11) is 0. The number of aliphatic hydroxyl groups excluding tert-OH is 1. The maximum absolute atomic E-state index is 12.7. The normalized spacial score (nSPS) is 40.9. The molecule has 2 aliphatic carbocycles. The lowest BCUT2D eigenvalue weighted by atomic mass is 9.84. The van der Waals surface area contributed by atoms with E-state index >= 15 is 0 Å². The predicted molar refractivity (Wildman–Crippen MR) is 79.2 cm³/mol. The molecule has 3 nitrogen and oxygen atoms in total. The second-order valence-corrected chi connectivity index (χ2v) is 7.47. The van der Waals surface area contributed by atoms with E-state index in [1.807, 2.05) is 0 Å². The topological polar surface area (TPSA) is 40.5 Å². The van der Waals surface area contributed by atoms with Crippen LogP contribution in [-0.2, 0) is 4.79 Å². The first-order valence-electron chi connectivity index (χ1n) is 8.61. The average molecular weight is 279 g/mol. The highest BCUT2D eigenvalue weighted by Gasteiger charge is 2.44. The number of rotatable bonds is 3. The Morgan fingerprint density at radius 2 is 1.95 bits per heavy atom. The van der Waals surface area contributed by atoms with Crippen LogP contribution in [0.25, 0.3) is 0 Å². The fraction of sp³-hybridized carbons (Fsp3) is 0.941. The molecule has 1 heterocycles. The molecule has 3 aliphatic rings. The van der Waals surface area contributed by atoms with Gasteiger partial charge in [0.1, 0.15) is 0 Å². The third kappa shape index (κ3) is 2.74. The zero-order valence-corrected chi connectivity index (χ0v) is 12.8. The van der Waals surface area contributed by atoms with Crippen LogP contribution >= 0.6 is 0 Å². The van der Waals surface area contributed by atoms with Crippen molar-refractivity contribution in [3.05, 3.63) is 0 Å². The van der Waals surface area contributed by atoms with Crippen LogP contribution in [0.2, 0.25) is 0 Å². The molecule has 3 heteroatoms. The van der Waals surface area contributed by atoms with Gasteiger partial charge in [-0.3, -0.25) is 4.79 Å². The van der Waals surface area contributed by atoms with Gasteiger partial charge in [-0.2, -0.15) is 0 Å². The lowest BCUT2D eigenvalue weighted by Gasteiger charge is -2.34. The maximum atomic E-state index is 12.7. The molecule has 5 atom stereocenters. The first-order valence-corrected chi connectivity index (χ1v) is 8.61. The minimum atomic E-state index is 0.106. The number of carbonyl (C=O) groups is 1. The molecule has 3 fully saturated rings. The molecule has 20 heavy (non-hydrogen) atoms. The maximum Gasteiger partial charge on any atom is 0.223 e. The van der Waals surface area contributed by atoms with Gasteiger partial charge in [0.25, 0.3) is 0 Å². The van der Waals surface area contributed by atoms with Crippen molar-refractivity contribution in [2.75, 3.05) is 6.61 Å². The number of likely N-dealkylation sites (tertiary alicyclic amines) is 1. The van der Waals surface area contributed by atoms with Crippen molar-refractivity contribution in [1.82, 2.24) is 4.90 Å². The lowest BCUT2D eigenvalue weighted by Crippen LogP contribution is -2.45. The highest BCUT2D eigenvalue weighted by atomic mass is 16.3. The average Bonchev–Trinajstić information content (AvgIpc) is 3.01. The van der Waals surface area contributed by atoms with E-state index in [0.717, 1.165) is 25.2 Å². The van der Waals surface area contributed by atoms with E-state index in [1.54, 1.807) is 0 Å². The first-order chi connectivity index (χ1) is 9.69. The van der Waals surface area contributed by atoms with Gasteiger partial charge in [-0.1, -0.05) is 26.2 Å². The fourth-order valence-electron chi connectivity index (χ4n) is 4.98. The van der Waals surface area contributed by atoms with E-state index in [1.165, 1.54) is 38.5 Å². The highest BCUT2D eigenvalue weighted by molar-refractivity contribution is 5.77. The van der Waals surface area contributed by atoms with Crippen LogP contribution < -0.4 is 0 Å². The van der Waals surface area contributed by atoms with Crippen LogP contribution in [0, 0.1) is 17.8 Å². The number of hydrogen-bond donors (Lipinski definition) is 1. The summed E-state index contributed by atoms with van der Waals surface area (Å²) < 4.78 is 0. The van der Waals surface area contributed by atoms with Gasteiger partial charge < -0.3 is 10.0 Å². The van der Waals surface area contributed by atoms with Crippen molar-refractivity contribution in [1.29, 1.82) is 0 Å². The Hall–Kier alpha value is -0.570. The minimum absolute atomic E-state index is 0.106. The molecule has 2 unspecified atom stereocenters. The molecule has 114 valence electrons. The smallest absolute Gasteiger partial charge is 0.223 e. The van der Waals surface area contributed by atoms with Gasteiger partial charge in [-0.05, 0) is 49.9 Å². The second-order valence-electron chi connectivity index (χ2n) is 7.47. The van der Waals surface area contributed by atoms with Gasteiger partial charge in [0, 0.05) is 12.5 Å². The highest BCUT2D eigenvalue weighted by Crippen LogP contribution is 2.41. The van der Waals surface area contributed by atoms with Crippen LogP contribution in [0.3, 0.4) is 0 Å². The van der Waals surface area contributed by atoms with Crippen LogP contribution in [-0.4, -0.2) is 34.6 Å². The van der Waals surface area contributed by atoms with Gasteiger partial charge in [0.2, 0.25) is 5.91 Å². The first kappa shape index (κ1) is 14.4. The van der Waals surface area contributed by atoms with Crippen LogP contribution in [0.5, 0.6) is 0 Å². The summed E-state index contributed by atoms with van der Waals surface area (Å²) in [6.07, 6.45) is 10.5. The van der Waals surface area contributed by atoms with Crippen molar-refractivity contribution in [2.45, 2.75) is 76.8 Å². The fourth-order valence-corrected chi connectivity index (χ4v) is 4.98. The Bertz CT molecular complexity index is 357. The van der Waals surface area contributed by atoms with Crippen LogP contribution in [0.1, 0.15) is 64.7 Å². The van der Waals surface area contributed by atoms with E-state index in [9.17, 15) is 9.90 Å². The van der Waals surface area contributed by atoms with Crippen molar-refractivity contribution in [3.8, 4) is 0 Å². The van der Waals surface area contributed by atoms with Crippen LogP contribution in [0.15, 0.2) is 0 Å². The summed E-state index contributed by atoms with van der Waals surface area (Å²) in [5.74, 6) is 2.38. The van der Waals surface area contributed by atoms with E-state index in [4.69, 9.17) is 0 Å². The Labute approximate surface area is 122 Å². The molecule has 3 rings (SSSR count). The molecular formula is C17H29NO2. The quantitative estimate of drug-likeness (QED) is 0.863. The zero-order valence-electron chi connectivity index (χ0n) is 12.8. The van der Waals surface area contributed by atoms with Crippen LogP contribution in [0.4, 0.5) is 0 Å². The molecule has 0 aromatic carbocycles. The largest absolute Gasteiger partial charge is 0.394 e. The lowest BCUT2D eigenvalue weighted by molar-refractivity contribution is -0.136. The summed E-state index contributed by atoms with van der Waals surface area (Å²) in [4.78, 5) is 14.9. The summed E-state index contributed by atoms with van der Waals surface area (Å²) in [5, 5.41) is 9.64. The third-order valence-corrected chi connectivity index (χ3v) is 5.96. The minimum Gasteiger partial charge on any atom is -0.394 e. The standard InChI is InChI=1S/C17H29NO2/c1-12-6-7-13(8-12)9-17(20)18-15(11-19)10-14-4-2-3-5-16(14)18/h12-16,19H,2-11H2,1H3/t12?,13?,14-,15-,16-/m0/s1. The molecule has 0 aromatic heterocycles. The summed E-state index contributed by atoms with van der Waals surface area (Å²) in [5.41, 5.74) is 0. The number of hydrogen-bond acceptors (Lipinski definition) is 2. The summed E-state index contributed by atoms with van der Waals surface area (Å²) in [6.45, 7) is 2.45. The molecule has 0 aromatic rings. The van der Waals surface area contributed by atoms with Crippen molar-refractivity contribution in [2.24, 2.45) is 17.8 Å². The molecule has 1 saturated heterocycles. The van der Waals surface area contributed by atoms with Crippen molar-refractivity contribution < 1.29 is 9.90 Å². The Kier molecular flexibility index (Phi) is 4.34. The number of nitrogens with zero attached hydrogens (tertiary/aromatic N) is 1. The molecule has 1 aliphatic heterocycles. The third-order valence-electron chi connectivity index (χ3n) is 5.96. The zero-order chi connectivity index (χ0) is 14.1. The van der Waals surface area contributed by atoms with E-state index in [-0.39, 0.29) is 12.6 Å². The van der Waals surface area contributed by atoms with Gasteiger partial charge >= 0.3 is 0 Å². The van der Waals surface area contributed by atoms with Gasteiger partial charge in [-0.15, -0.1) is 0 Å². The molecule has 1 amide bonds. The summed E-state index contributed by atoms with van der Waals surface area (Å²) >= 11 is 0. The van der Waals surface area contributed by atoms with Gasteiger partial charge in [-0.25, -0.2) is 0 Å². The molecule has 2 saturated carbocycles. The Morgan fingerprint density at radius 3 is 2.65 bits per heavy atom.